The summed E-state index contributed by atoms with van der Waals surface area (Å²) in [4.78, 5) is 0. The smallest absolute Gasteiger partial charge is 0.126 e. The first kappa shape index (κ1) is 23.8. The van der Waals surface area contributed by atoms with Gasteiger partial charge < -0.3 is 4.74 Å². The largest absolute Gasteiger partial charge is 0.490 e. The van der Waals surface area contributed by atoms with E-state index in [9.17, 15) is 0 Å². The minimum absolute atomic E-state index is 0.281. The highest BCUT2D eigenvalue weighted by Crippen LogP contribution is 2.22. The molecule has 0 N–H and O–H groups in total. The van der Waals surface area contributed by atoms with Gasteiger partial charge in [-0.1, -0.05) is 121 Å². The number of unbranched alkanes of at least 4 members (excludes halogenated alkanes) is 13. The van der Waals surface area contributed by atoms with Crippen molar-refractivity contribution >= 4 is 6.08 Å². The van der Waals surface area contributed by atoms with Crippen LogP contribution in [0.15, 0.2) is 30.8 Å². The second-order valence-corrected chi connectivity index (χ2v) is 8.06. The molecule has 0 aliphatic carbocycles. The van der Waals surface area contributed by atoms with Gasteiger partial charge in [0.15, 0.2) is 0 Å². The highest BCUT2D eigenvalue weighted by atomic mass is 16.5. The molecule has 27 heavy (non-hydrogen) atoms. The van der Waals surface area contributed by atoms with E-state index >= 15 is 0 Å². The Hall–Kier alpha value is -1.24. The molecule has 1 heteroatoms. The molecule has 0 saturated heterocycles. The van der Waals surface area contributed by atoms with Crippen molar-refractivity contribution in [3.05, 3.63) is 36.4 Å². The van der Waals surface area contributed by atoms with Gasteiger partial charge in [0.1, 0.15) is 5.75 Å². The van der Waals surface area contributed by atoms with E-state index in [1.165, 1.54) is 89.9 Å². The summed E-state index contributed by atoms with van der Waals surface area (Å²) in [5.74, 6) is 0.963. The summed E-state index contributed by atoms with van der Waals surface area (Å²) >= 11 is 0. The maximum atomic E-state index is 6.08. The van der Waals surface area contributed by atoms with Gasteiger partial charge in [0.2, 0.25) is 0 Å². The predicted octanol–water partition coefficient (Wildman–Crippen LogP) is 8.97. The van der Waals surface area contributed by atoms with Crippen LogP contribution in [0.3, 0.4) is 0 Å². The molecule has 1 aromatic carbocycles. The van der Waals surface area contributed by atoms with Crippen molar-refractivity contribution < 1.29 is 4.74 Å². The SMILES string of the molecule is C=Cc1ccccc1OC(C)CCCCCCCCCCCCCCCC. The molecule has 0 amide bonds. The van der Waals surface area contributed by atoms with Gasteiger partial charge in [0.05, 0.1) is 6.10 Å². The Kier molecular flexibility index (Phi) is 14.9. The lowest BCUT2D eigenvalue weighted by molar-refractivity contribution is 0.206. The number of ether oxygens (including phenoxy) is 1. The van der Waals surface area contributed by atoms with Gasteiger partial charge in [-0.15, -0.1) is 0 Å². The molecule has 0 radical (unpaired) electrons. The van der Waals surface area contributed by atoms with Gasteiger partial charge in [0, 0.05) is 5.56 Å². The summed E-state index contributed by atoms with van der Waals surface area (Å²) in [5, 5.41) is 0. The minimum Gasteiger partial charge on any atom is -0.490 e. The van der Waals surface area contributed by atoms with Crippen molar-refractivity contribution in [2.75, 3.05) is 0 Å². The molecule has 1 rings (SSSR count). The lowest BCUT2D eigenvalue weighted by Crippen LogP contribution is -2.12. The zero-order chi connectivity index (χ0) is 19.6. The monoisotopic (exact) mass is 372 g/mol. The van der Waals surface area contributed by atoms with Gasteiger partial charge in [-0.25, -0.2) is 0 Å². The van der Waals surface area contributed by atoms with Crippen LogP contribution in [-0.2, 0) is 0 Å². The molecule has 1 atom stereocenters. The van der Waals surface area contributed by atoms with Crippen LogP contribution >= 0.6 is 0 Å². The highest BCUT2D eigenvalue weighted by molar-refractivity contribution is 5.55. The Morgan fingerprint density at radius 3 is 1.78 bits per heavy atom. The third-order valence-corrected chi connectivity index (χ3v) is 5.43. The third kappa shape index (κ3) is 12.7. The first-order valence-corrected chi connectivity index (χ1v) is 11.7. The van der Waals surface area contributed by atoms with Crippen LogP contribution in [-0.4, -0.2) is 6.10 Å². The van der Waals surface area contributed by atoms with Crippen LogP contribution in [0.2, 0.25) is 0 Å². The van der Waals surface area contributed by atoms with E-state index in [-0.39, 0.29) is 6.10 Å². The first-order valence-electron chi connectivity index (χ1n) is 11.7. The van der Waals surface area contributed by atoms with E-state index in [0.29, 0.717) is 0 Å². The van der Waals surface area contributed by atoms with E-state index in [1.54, 1.807) is 0 Å². The van der Waals surface area contributed by atoms with E-state index in [1.807, 2.05) is 24.3 Å². The molecular formula is C26H44O. The summed E-state index contributed by atoms with van der Waals surface area (Å²) in [6, 6.07) is 8.16. The molecule has 0 aliphatic rings. The van der Waals surface area contributed by atoms with Crippen LogP contribution in [0.5, 0.6) is 5.75 Å². The number of para-hydroxylation sites is 1. The van der Waals surface area contributed by atoms with Crippen molar-refractivity contribution in [1.29, 1.82) is 0 Å². The molecular weight excluding hydrogens is 328 g/mol. The molecule has 154 valence electrons. The molecule has 0 fully saturated rings. The second kappa shape index (κ2) is 16.9. The van der Waals surface area contributed by atoms with Crippen molar-refractivity contribution in [3.63, 3.8) is 0 Å². The molecule has 1 aromatic rings. The lowest BCUT2D eigenvalue weighted by Gasteiger charge is -2.16. The molecule has 1 unspecified atom stereocenters. The Morgan fingerprint density at radius 2 is 1.26 bits per heavy atom. The average Bonchev–Trinajstić information content (AvgIpc) is 2.68. The lowest BCUT2D eigenvalue weighted by atomic mass is 10.0. The number of benzene rings is 1. The Bertz CT molecular complexity index is 465. The van der Waals surface area contributed by atoms with E-state index < -0.39 is 0 Å². The number of rotatable bonds is 18. The fraction of sp³-hybridized carbons (Fsp3) is 0.692. The maximum absolute atomic E-state index is 6.08. The molecule has 0 aliphatic heterocycles. The van der Waals surface area contributed by atoms with Gasteiger partial charge >= 0.3 is 0 Å². The minimum atomic E-state index is 0.281. The first-order chi connectivity index (χ1) is 13.3. The summed E-state index contributed by atoms with van der Waals surface area (Å²) in [7, 11) is 0. The summed E-state index contributed by atoms with van der Waals surface area (Å²) in [6.07, 6.45) is 23.0. The Balaban J connectivity index is 1.89. The number of hydrogen-bond acceptors (Lipinski definition) is 1. The van der Waals surface area contributed by atoms with Crippen LogP contribution in [0.25, 0.3) is 6.08 Å². The quantitative estimate of drug-likeness (QED) is 0.234. The summed E-state index contributed by atoms with van der Waals surface area (Å²) in [6.45, 7) is 8.33. The highest BCUT2D eigenvalue weighted by Gasteiger charge is 2.06. The van der Waals surface area contributed by atoms with Crippen LogP contribution < -0.4 is 4.74 Å². The van der Waals surface area contributed by atoms with Crippen LogP contribution in [0.1, 0.15) is 116 Å². The van der Waals surface area contributed by atoms with E-state index in [2.05, 4.69) is 26.5 Å². The van der Waals surface area contributed by atoms with Crippen molar-refractivity contribution in [2.45, 2.75) is 116 Å². The third-order valence-electron chi connectivity index (χ3n) is 5.43. The molecule has 0 spiro atoms. The average molecular weight is 373 g/mol. The van der Waals surface area contributed by atoms with Gasteiger partial charge in [-0.2, -0.15) is 0 Å². The zero-order valence-corrected chi connectivity index (χ0v) is 18.2. The van der Waals surface area contributed by atoms with Crippen molar-refractivity contribution in [3.8, 4) is 5.75 Å². The predicted molar refractivity (Wildman–Crippen MR) is 122 cm³/mol. The summed E-state index contributed by atoms with van der Waals surface area (Å²) in [5.41, 5.74) is 1.09. The fourth-order valence-corrected chi connectivity index (χ4v) is 3.66. The molecule has 0 aromatic heterocycles. The van der Waals surface area contributed by atoms with Crippen LogP contribution in [0.4, 0.5) is 0 Å². The normalized spacial score (nSPS) is 12.1. The van der Waals surface area contributed by atoms with Gasteiger partial charge in [-0.05, 0) is 25.8 Å². The Morgan fingerprint density at radius 1 is 0.778 bits per heavy atom. The van der Waals surface area contributed by atoms with Crippen LogP contribution in [0, 0.1) is 0 Å². The molecule has 1 nitrogen and oxygen atoms in total. The van der Waals surface area contributed by atoms with E-state index in [0.717, 1.165) is 17.7 Å². The fourth-order valence-electron chi connectivity index (χ4n) is 3.66. The Labute approximate surface area is 169 Å². The second-order valence-electron chi connectivity index (χ2n) is 8.06. The number of hydrogen-bond donors (Lipinski definition) is 0. The molecule has 0 heterocycles. The van der Waals surface area contributed by atoms with E-state index in [4.69, 9.17) is 4.74 Å². The topological polar surface area (TPSA) is 9.23 Å². The van der Waals surface area contributed by atoms with Gasteiger partial charge in [-0.3, -0.25) is 0 Å². The van der Waals surface area contributed by atoms with Gasteiger partial charge in [0.25, 0.3) is 0 Å². The molecule has 0 bridgehead atoms. The zero-order valence-electron chi connectivity index (χ0n) is 18.2. The molecule has 0 saturated carbocycles. The maximum Gasteiger partial charge on any atom is 0.126 e. The van der Waals surface area contributed by atoms with Crippen molar-refractivity contribution in [1.82, 2.24) is 0 Å². The van der Waals surface area contributed by atoms with Crippen molar-refractivity contribution in [2.24, 2.45) is 0 Å². The summed E-state index contributed by atoms with van der Waals surface area (Å²) < 4.78 is 6.08. The standard InChI is InChI=1S/C26H44O/c1-4-6-7-8-9-10-11-12-13-14-15-16-17-18-21-24(3)27-26-23-20-19-22-25(26)5-2/h5,19-20,22-24H,2,4,6-18,21H2,1,3H3.